The first-order valence-electron chi connectivity index (χ1n) is 6.17. The third-order valence-corrected chi connectivity index (χ3v) is 4.24. The Hall–Kier alpha value is -0.960. The van der Waals surface area contributed by atoms with Crippen molar-refractivity contribution in [3.8, 4) is 0 Å². The molecule has 0 radical (unpaired) electrons. The highest BCUT2D eigenvalue weighted by atomic mass is 35.5. The Bertz CT molecular complexity index is 428. The van der Waals surface area contributed by atoms with Crippen LogP contribution < -0.4 is 0 Å². The van der Waals surface area contributed by atoms with E-state index in [4.69, 9.17) is 16.0 Å². The molecule has 2 fully saturated rings. The van der Waals surface area contributed by atoms with E-state index in [1.807, 2.05) is 17.9 Å². The Morgan fingerprint density at radius 3 is 2.59 bits per heavy atom. The van der Waals surface area contributed by atoms with E-state index in [0.29, 0.717) is 17.6 Å². The lowest BCUT2D eigenvalue weighted by atomic mass is 10.0. The van der Waals surface area contributed by atoms with Gasteiger partial charge in [-0.15, -0.1) is 11.6 Å². The van der Waals surface area contributed by atoms with Gasteiger partial charge in [-0.1, -0.05) is 0 Å². The maximum atomic E-state index is 12.4. The third kappa shape index (κ3) is 1.86. The molecule has 0 spiro atoms. The number of amides is 1. The number of hydrogen-bond acceptors (Lipinski definition) is 2. The molecule has 1 amide bonds. The molecule has 2 unspecified atom stereocenters. The smallest absolute Gasteiger partial charge is 0.257 e. The first-order valence-corrected chi connectivity index (χ1v) is 6.60. The Morgan fingerprint density at radius 1 is 1.41 bits per heavy atom. The lowest BCUT2D eigenvalue weighted by molar-refractivity contribution is 0.0599. The van der Waals surface area contributed by atoms with Crippen LogP contribution in [0.25, 0.3) is 0 Å². The van der Waals surface area contributed by atoms with Gasteiger partial charge in [0.05, 0.1) is 5.56 Å². The van der Waals surface area contributed by atoms with Crippen molar-refractivity contribution in [3.63, 3.8) is 0 Å². The fourth-order valence-corrected chi connectivity index (χ4v) is 3.56. The van der Waals surface area contributed by atoms with Gasteiger partial charge in [0.25, 0.3) is 5.91 Å². The standard InChI is InChI=1S/C13H16ClNO2/c1-8-4-9(7-17-8)13(16)15-11-2-3-12(15)6-10(14)5-11/h4,7,10-12H,2-3,5-6H2,1H3. The lowest BCUT2D eigenvalue weighted by Crippen LogP contribution is -2.46. The quantitative estimate of drug-likeness (QED) is 0.721. The minimum absolute atomic E-state index is 0.109. The maximum Gasteiger partial charge on any atom is 0.257 e. The molecular weight excluding hydrogens is 238 g/mol. The van der Waals surface area contributed by atoms with E-state index >= 15 is 0 Å². The molecule has 2 bridgehead atoms. The third-order valence-electron chi connectivity index (χ3n) is 3.89. The van der Waals surface area contributed by atoms with Gasteiger partial charge in [0, 0.05) is 17.5 Å². The van der Waals surface area contributed by atoms with E-state index in [0.717, 1.165) is 31.4 Å². The van der Waals surface area contributed by atoms with Crippen molar-refractivity contribution in [1.82, 2.24) is 4.90 Å². The summed E-state index contributed by atoms with van der Waals surface area (Å²) in [5.41, 5.74) is 0.674. The number of nitrogens with zero attached hydrogens (tertiary/aromatic N) is 1. The van der Waals surface area contributed by atoms with Crippen molar-refractivity contribution in [2.24, 2.45) is 0 Å². The summed E-state index contributed by atoms with van der Waals surface area (Å²) in [5, 5.41) is 0.239. The molecule has 1 aromatic heterocycles. The molecule has 2 aliphatic rings. The molecule has 3 nitrogen and oxygen atoms in total. The van der Waals surface area contributed by atoms with Crippen LogP contribution in [0.15, 0.2) is 16.7 Å². The van der Waals surface area contributed by atoms with Crippen LogP contribution in [0, 0.1) is 6.92 Å². The second-order valence-corrected chi connectivity index (χ2v) is 5.73. The summed E-state index contributed by atoms with van der Waals surface area (Å²) < 4.78 is 5.21. The first kappa shape index (κ1) is 11.1. The number of carbonyl (C=O) groups is 1. The summed E-state index contributed by atoms with van der Waals surface area (Å²) in [4.78, 5) is 14.4. The normalized spacial score (nSPS) is 31.9. The van der Waals surface area contributed by atoms with Crippen LogP contribution in [0.4, 0.5) is 0 Å². The molecule has 1 aromatic rings. The molecule has 2 saturated heterocycles. The molecule has 2 atom stereocenters. The van der Waals surface area contributed by atoms with Gasteiger partial charge in [-0.3, -0.25) is 4.79 Å². The topological polar surface area (TPSA) is 33.5 Å². The van der Waals surface area contributed by atoms with Gasteiger partial charge in [-0.25, -0.2) is 0 Å². The zero-order chi connectivity index (χ0) is 12.0. The van der Waals surface area contributed by atoms with Gasteiger partial charge in [-0.05, 0) is 38.7 Å². The molecule has 4 heteroatoms. The molecule has 0 saturated carbocycles. The molecule has 17 heavy (non-hydrogen) atoms. The maximum absolute atomic E-state index is 12.4. The molecule has 3 heterocycles. The van der Waals surface area contributed by atoms with E-state index in [1.165, 1.54) is 0 Å². The Labute approximate surface area is 106 Å². The second kappa shape index (κ2) is 4.05. The fourth-order valence-electron chi connectivity index (χ4n) is 3.15. The minimum Gasteiger partial charge on any atom is -0.469 e. The molecule has 92 valence electrons. The van der Waals surface area contributed by atoms with E-state index < -0.39 is 0 Å². The summed E-state index contributed by atoms with van der Waals surface area (Å²) in [7, 11) is 0. The number of furan rings is 1. The van der Waals surface area contributed by atoms with Crippen LogP contribution in [0.5, 0.6) is 0 Å². The van der Waals surface area contributed by atoms with Crippen LogP contribution in [0.2, 0.25) is 0 Å². The molecule has 0 aliphatic carbocycles. The molecule has 0 aromatic carbocycles. The van der Waals surface area contributed by atoms with E-state index in [9.17, 15) is 4.79 Å². The summed E-state index contributed by atoms with van der Waals surface area (Å²) in [6, 6.07) is 2.48. The van der Waals surface area contributed by atoms with Crippen LogP contribution >= 0.6 is 11.6 Å². The first-order chi connectivity index (χ1) is 8.15. The van der Waals surface area contributed by atoms with E-state index in [2.05, 4.69) is 0 Å². The predicted octanol–water partition coefficient (Wildman–Crippen LogP) is 2.96. The van der Waals surface area contributed by atoms with Gasteiger partial charge in [-0.2, -0.15) is 0 Å². The Balaban J connectivity index is 1.83. The van der Waals surface area contributed by atoms with Gasteiger partial charge in [0.1, 0.15) is 12.0 Å². The number of halogens is 1. The monoisotopic (exact) mass is 253 g/mol. The number of aryl methyl sites for hydroxylation is 1. The van der Waals surface area contributed by atoms with E-state index in [1.54, 1.807) is 6.26 Å². The molecule has 2 aliphatic heterocycles. The average Bonchev–Trinajstić information content (AvgIpc) is 2.81. The second-order valence-electron chi connectivity index (χ2n) is 5.11. The number of fused-ring (bicyclic) bond motifs is 2. The highest BCUT2D eigenvalue weighted by Crippen LogP contribution is 2.38. The summed E-state index contributed by atoms with van der Waals surface area (Å²) in [5.74, 6) is 0.894. The SMILES string of the molecule is Cc1cc(C(=O)N2C3CCC2CC(Cl)C3)co1. The zero-order valence-electron chi connectivity index (χ0n) is 9.86. The van der Waals surface area contributed by atoms with Crippen molar-refractivity contribution in [2.45, 2.75) is 50.1 Å². The lowest BCUT2D eigenvalue weighted by Gasteiger charge is -2.36. The summed E-state index contributed by atoms with van der Waals surface area (Å²) in [6.45, 7) is 1.86. The molecule has 3 rings (SSSR count). The number of hydrogen-bond donors (Lipinski definition) is 0. The fraction of sp³-hybridized carbons (Fsp3) is 0.615. The van der Waals surface area contributed by atoms with Crippen LogP contribution in [0.3, 0.4) is 0 Å². The van der Waals surface area contributed by atoms with Crippen LogP contribution in [0.1, 0.15) is 41.8 Å². The zero-order valence-corrected chi connectivity index (χ0v) is 10.6. The minimum atomic E-state index is 0.109. The van der Waals surface area contributed by atoms with Crippen molar-refractivity contribution in [2.75, 3.05) is 0 Å². The van der Waals surface area contributed by atoms with Crippen molar-refractivity contribution < 1.29 is 9.21 Å². The summed E-state index contributed by atoms with van der Waals surface area (Å²) >= 11 is 6.21. The average molecular weight is 254 g/mol. The van der Waals surface area contributed by atoms with Crippen molar-refractivity contribution in [1.29, 1.82) is 0 Å². The van der Waals surface area contributed by atoms with Gasteiger partial charge in [0.15, 0.2) is 0 Å². The van der Waals surface area contributed by atoms with Gasteiger partial charge >= 0.3 is 0 Å². The molecular formula is C13H16ClNO2. The van der Waals surface area contributed by atoms with Crippen molar-refractivity contribution in [3.05, 3.63) is 23.7 Å². The summed E-state index contributed by atoms with van der Waals surface area (Å²) in [6.07, 6.45) is 5.61. The van der Waals surface area contributed by atoms with Crippen LogP contribution in [-0.4, -0.2) is 28.3 Å². The highest BCUT2D eigenvalue weighted by molar-refractivity contribution is 6.20. The number of piperidine rings is 1. The van der Waals surface area contributed by atoms with Gasteiger partial charge in [0.2, 0.25) is 0 Å². The Kier molecular flexibility index (Phi) is 2.66. The number of rotatable bonds is 1. The number of alkyl halides is 1. The largest absolute Gasteiger partial charge is 0.469 e. The van der Waals surface area contributed by atoms with Gasteiger partial charge < -0.3 is 9.32 Å². The number of carbonyl (C=O) groups excluding carboxylic acids is 1. The predicted molar refractivity (Wildman–Crippen MR) is 65.3 cm³/mol. The van der Waals surface area contributed by atoms with Crippen LogP contribution in [-0.2, 0) is 0 Å². The van der Waals surface area contributed by atoms with Crippen molar-refractivity contribution >= 4 is 17.5 Å². The van der Waals surface area contributed by atoms with E-state index in [-0.39, 0.29) is 11.3 Å². The highest BCUT2D eigenvalue weighted by Gasteiger charge is 2.43. The molecule has 0 N–H and O–H groups in total. The Morgan fingerprint density at radius 2 is 2.06 bits per heavy atom.